The number of amides is 1. The van der Waals surface area contributed by atoms with E-state index in [9.17, 15) is 4.79 Å². The fraction of sp³-hybridized carbons (Fsp3) is 0.400. The Morgan fingerprint density at radius 1 is 1.31 bits per heavy atom. The van der Waals surface area contributed by atoms with Crippen molar-refractivity contribution < 1.29 is 9.53 Å². The van der Waals surface area contributed by atoms with Crippen molar-refractivity contribution in [2.75, 3.05) is 33.3 Å². The standard InChI is InChI=1S/C20H26N4O2/c1-26-15-17-6-4-16(5-7-17)11-23-20(25)14-24-10-9-22-13-19(24)18-3-2-8-21-12-18/h2-8,12,19,22H,9-11,13-15H2,1H3,(H,23,25). The first kappa shape index (κ1) is 18.5. The predicted octanol–water partition coefficient (Wildman–Crippen LogP) is 1.49. The molecule has 2 heterocycles. The summed E-state index contributed by atoms with van der Waals surface area (Å²) in [6.45, 7) is 4.10. The molecule has 0 bridgehead atoms. The number of rotatable bonds is 7. The number of carbonyl (C=O) groups excluding carboxylic acids is 1. The smallest absolute Gasteiger partial charge is 0.234 e. The van der Waals surface area contributed by atoms with Crippen molar-refractivity contribution in [2.24, 2.45) is 0 Å². The van der Waals surface area contributed by atoms with Crippen LogP contribution in [0.25, 0.3) is 0 Å². The highest BCUT2D eigenvalue weighted by Crippen LogP contribution is 2.20. The van der Waals surface area contributed by atoms with Crippen molar-refractivity contribution in [3.05, 3.63) is 65.5 Å². The molecule has 1 fully saturated rings. The van der Waals surface area contributed by atoms with Gasteiger partial charge in [0, 0.05) is 51.7 Å². The topological polar surface area (TPSA) is 66.5 Å². The minimum absolute atomic E-state index is 0.0433. The maximum absolute atomic E-state index is 12.4. The summed E-state index contributed by atoms with van der Waals surface area (Å²) in [7, 11) is 1.68. The Morgan fingerprint density at radius 3 is 2.85 bits per heavy atom. The summed E-state index contributed by atoms with van der Waals surface area (Å²) < 4.78 is 5.11. The average Bonchev–Trinajstić information content (AvgIpc) is 2.69. The van der Waals surface area contributed by atoms with Gasteiger partial charge in [-0.3, -0.25) is 14.7 Å². The van der Waals surface area contributed by atoms with Crippen LogP contribution in [0, 0.1) is 0 Å². The Kier molecular flexibility index (Phi) is 6.71. The van der Waals surface area contributed by atoms with Gasteiger partial charge < -0.3 is 15.4 Å². The van der Waals surface area contributed by atoms with E-state index >= 15 is 0 Å². The molecule has 1 atom stereocenters. The van der Waals surface area contributed by atoms with E-state index in [1.54, 1.807) is 13.3 Å². The molecule has 0 spiro atoms. The molecule has 2 aromatic rings. The lowest BCUT2D eigenvalue weighted by molar-refractivity contribution is -0.123. The zero-order valence-electron chi connectivity index (χ0n) is 15.1. The maximum Gasteiger partial charge on any atom is 0.234 e. The second-order valence-electron chi connectivity index (χ2n) is 6.50. The Morgan fingerprint density at radius 2 is 2.12 bits per heavy atom. The molecule has 0 aliphatic carbocycles. The molecule has 0 saturated carbocycles. The number of aromatic nitrogens is 1. The molecule has 1 aromatic heterocycles. The van der Waals surface area contributed by atoms with E-state index in [1.807, 2.05) is 36.5 Å². The van der Waals surface area contributed by atoms with E-state index in [0.29, 0.717) is 19.7 Å². The largest absolute Gasteiger partial charge is 0.380 e. The van der Waals surface area contributed by atoms with Gasteiger partial charge >= 0.3 is 0 Å². The molecule has 1 saturated heterocycles. The number of pyridine rings is 1. The molecule has 3 rings (SSSR count). The molecule has 0 radical (unpaired) electrons. The number of nitrogens with one attached hydrogen (secondary N) is 2. The van der Waals surface area contributed by atoms with Crippen molar-refractivity contribution in [1.29, 1.82) is 0 Å². The SMILES string of the molecule is COCc1ccc(CNC(=O)CN2CCNCC2c2cccnc2)cc1. The predicted molar refractivity (Wildman–Crippen MR) is 100 cm³/mol. The molecule has 1 aliphatic rings. The molecule has 2 N–H and O–H groups in total. The first-order valence-electron chi connectivity index (χ1n) is 8.94. The first-order valence-corrected chi connectivity index (χ1v) is 8.94. The van der Waals surface area contributed by atoms with Gasteiger partial charge in [0.25, 0.3) is 0 Å². The third-order valence-corrected chi connectivity index (χ3v) is 4.59. The van der Waals surface area contributed by atoms with Gasteiger partial charge in [-0.25, -0.2) is 0 Å². The van der Waals surface area contributed by atoms with E-state index in [1.165, 1.54) is 0 Å². The number of ether oxygens (including phenoxy) is 1. The quantitative estimate of drug-likeness (QED) is 0.789. The van der Waals surface area contributed by atoms with Crippen molar-refractivity contribution in [3.63, 3.8) is 0 Å². The lowest BCUT2D eigenvalue weighted by atomic mass is 10.1. The Hall–Kier alpha value is -2.28. The molecule has 138 valence electrons. The molecule has 1 aliphatic heterocycles. The van der Waals surface area contributed by atoms with Crippen LogP contribution < -0.4 is 10.6 Å². The van der Waals surface area contributed by atoms with Gasteiger partial charge in [-0.1, -0.05) is 30.3 Å². The highest BCUT2D eigenvalue weighted by molar-refractivity contribution is 5.78. The Bertz CT molecular complexity index is 691. The lowest BCUT2D eigenvalue weighted by Gasteiger charge is -2.35. The second kappa shape index (κ2) is 9.43. The number of benzene rings is 1. The Labute approximate surface area is 154 Å². The van der Waals surface area contributed by atoms with Gasteiger partial charge in [-0.05, 0) is 22.8 Å². The number of carbonyl (C=O) groups is 1. The molecule has 1 amide bonds. The summed E-state index contributed by atoms with van der Waals surface area (Å²) in [5, 5.41) is 6.42. The molecule has 6 nitrogen and oxygen atoms in total. The van der Waals surface area contributed by atoms with Gasteiger partial charge in [0.1, 0.15) is 0 Å². The summed E-state index contributed by atoms with van der Waals surface area (Å²) in [5.74, 6) is 0.0433. The van der Waals surface area contributed by atoms with Crippen LogP contribution in [0.4, 0.5) is 0 Å². The second-order valence-corrected chi connectivity index (χ2v) is 6.50. The number of hydrogen-bond acceptors (Lipinski definition) is 5. The normalized spacial score (nSPS) is 17.8. The fourth-order valence-corrected chi connectivity index (χ4v) is 3.20. The van der Waals surface area contributed by atoms with Crippen LogP contribution in [-0.2, 0) is 22.7 Å². The summed E-state index contributed by atoms with van der Waals surface area (Å²) in [5.41, 5.74) is 3.35. The summed E-state index contributed by atoms with van der Waals surface area (Å²) in [6, 6.07) is 12.3. The van der Waals surface area contributed by atoms with Crippen LogP contribution in [0.2, 0.25) is 0 Å². The van der Waals surface area contributed by atoms with Crippen molar-refractivity contribution in [1.82, 2.24) is 20.5 Å². The molecule has 1 aromatic carbocycles. The highest BCUT2D eigenvalue weighted by atomic mass is 16.5. The number of piperazine rings is 1. The highest BCUT2D eigenvalue weighted by Gasteiger charge is 2.25. The lowest BCUT2D eigenvalue weighted by Crippen LogP contribution is -2.49. The number of hydrogen-bond donors (Lipinski definition) is 2. The monoisotopic (exact) mass is 354 g/mol. The van der Waals surface area contributed by atoms with Crippen LogP contribution in [-0.4, -0.2) is 49.1 Å². The number of methoxy groups -OCH3 is 1. The van der Waals surface area contributed by atoms with E-state index in [2.05, 4.69) is 26.6 Å². The van der Waals surface area contributed by atoms with Gasteiger partial charge in [-0.15, -0.1) is 0 Å². The van der Waals surface area contributed by atoms with Crippen molar-refractivity contribution in [3.8, 4) is 0 Å². The molecular weight excluding hydrogens is 328 g/mol. The minimum Gasteiger partial charge on any atom is -0.380 e. The third kappa shape index (κ3) is 5.11. The average molecular weight is 354 g/mol. The van der Waals surface area contributed by atoms with Gasteiger partial charge in [0.05, 0.1) is 13.2 Å². The minimum atomic E-state index is 0.0433. The zero-order valence-corrected chi connectivity index (χ0v) is 15.1. The van der Waals surface area contributed by atoms with Gasteiger partial charge in [0.15, 0.2) is 0 Å². The fourth-order valence-electron chi connectivity index (χ4n) is 3.20. The van der Waals surface area contributed by atoms with E-state index in [4.69, 9.17) is 4.74 Å². The maximum atomic E-state index is 12.4. The van der Waals surface area contributed by atoms with Gasteiger partial charge in [0.2, 0.25) is 5.91 Å². The van der Waals surface area contributed by atoms with E-state index in [0.717, 1.165) is 36.3 Å². The van der Waals surface area contributed by atoms with E-state index in [-0.39, 0.29) is 11.9 Å². The number of nitrogens with zero attached hydrogens (tertiary/aromatic N) is 2. The molecule has 1 unspecified atom stereocenters. The summed E-state index contributed by atoms with van der Waals surface area (Å²) >= 11 is 0. The van der Waals surface area contributed by atoms with Crippen molar-refractivity contribution in [2.45, 2.75) is 19.2 Å². The van der Waals surface area contributed by atoms with Crippen LogP contribution >= 0.6 is 0 Å². The van der Waals surface area contributed by atoms with Crippen LogP contribution in [0.15, 0.2) is 48.8 Å². The van der Waals surface area contributed by atoms with Crippen LogP contribution in [0.5, 0.6) is 0 Å². The van der Waals surface area contributed by atoms with Crippen LogP contribution in [0.3, 0.4) is 0 Å². The molecule has 6 heteroatoms. The van der Waals surface area contributed by atoms with Crippen LogP contribution in [0.1, 0.15) is 22.7 Å². The summed E-state index contributed by atoms with van der Waals surface area (Å²) in [6.07, 6.45) is 3.65. The van der Waals surface area contributed by atoms with Gasteiger partial charge in [-0.2, -0.15) is 0 Å². The zero-order chi connectivity index (χ0) is 18.2. The third-order valence-electron chi connectivity index (χ3n) is 4.59. The van der Waals surface area contributed by atoms with E-state index < -0.39 is 0 Å². The first-order chi connectivity index (χ1) is 12.8. The molecular formula is C20H26N4O2. The summed E-state index contributed by atoms with van der Waals surface area (Å²) in [4.78, 5) is 18.8. The molecule has 26 heavy (non-hydrogen) atoms. The Balaban J connectivity index is 1.53. The van der Waals surface area contributed by atoms with Crippen molar-refractivity contribution >= 4 is 5.91 Å².